The van der Waals surface area contributed by atoms with Crippen molar-refractivity contribution in [3.05, 3.63) is 55.4 Å². The molecular weight excluding hydrogens is 453 g/mol. The van der Waals surface area contributed by atoms with E-state index in [0.29, 0.717) is 10.0 Å². The normalized spacial score (nSPS) is 11.7. The van der Waals surface area contributed by atoms with Crippen molar-refractivity contribution in [3.63, 3.8) is 0 Å². The maximum absolute atomic E-state index is 12.6. The summed E-state index contributed by atoms with van der Waals surface area (Å²) in [4.78, 5) is 0. The van der Waals surface area contributed by atoms with Crippen molar-refractivity contribution < 1.29 is 13.2 Å². The first-order valence-electron chi connectivity index (χ1n) is 5.11. The Kier molecular flexibility index (Phi) is 4.42. The van der Waals surface area contributed by atoms with Crippen LogP contribution in [0.1, 0.15) is 5.56 Å². The second-order valence-electron chi connectivity index (χ2n) is 3.82. The van der Waals surface area contributed by atoms with Crippen molar-refractivity contribution in [2.24, 2.45) is 0 Å². The largest absolute Gasteiger partial charge is 0.416 e. The van der Waals surface area contributed by atoms with Gasteiger partial charge in [-0.05, 0) is 41.5 Å². The highest BCUT2D eigenvalue weighted by atomic mass is 79.9. The predicted molar refractivity (Wildman–Crippen MR) is 80.0 cm³/mol. The first-order valence-corrected chi connectivity index (χ1v) is 7.49. The molecule has 2 aromatic carbocycles. The Balaban J connectivity index is 2.55. The van der Waals surface area contributed by atoms with Gasteiger partial charge in [-0.2, -0.15) is 13.2 Å². The maximum Gasteiger partial charge on any atom is 0.416 e. The monoisotopic (exact) mass is 456 g/mol. The molecule has 19 heavy (non-hydrogen) atoms. The lowest BCUT2D eigenvalue weighted by atomic mass is 10.0. The number of hydrogen-bond acceptors (Lipinski definition) is 0. The van der Waals surface area contributed by atoms with E-state index in [0.717, 1.165) is 26.6 Å². The van der Waals surface area contributed by atoms with Gasteiger partial charge in [0, 0.05) is 13.4 Å². The highest BCUT2D eigenvalue weighted by molar-refractivity contribution is 9.11. The predicted octanol–water partition coefficient (Wildman–Crippen LogP) is 6.66. The van der Waals surface area contributed by atoms with Crippen LogP contribution in [0.2, 0.25) is 0 Å². The Labute approximate surface area is 133 Å². The highest BCUT2D eigenvalue weighted by Gasteiger charge is 2.30. The standard InChI is InChI=1S/C13H6Br3F3/c14-8-2-4-11(15)10(6-8)9-3-1-7(5-12(9)16)13(17,18)19/h1-6H. The number of benzene rings is 2. The Hall–Kier alpha value is -0.330. The van der Waals surface area contributed by atoms with Gasteiger partial charge in [-0.25, -0.2) is 0 Å². The fourth-order valence-corrected chi connectivity index (χ4v) is 3.03. The molecule has 0 heterocycles. The van der Waals surface area contributed by atoms with Gasteiger partial charge in [0.1, 0.15) is 0 Å². The van der Waals surface area contributed by atoms with E-state index in [2.05, 4.69) is 47.8 Å². The van der Waals surface area contributed by atoms with Gasteiger partial charge in [0.15, 0.2) is 0 Å². The Morgan fingerprint density at radius 2 is 1.42 bits per heavy atom. The fourth-order valence-electron chi connectivity index (χ4n) is 1.61. The molecule has 0 fully saturated rings. The summed E-state index contributed by atoms with van der Waals surface area (Å²) in [6, 6.07) is 9.15. The number of hydrogen-bond donors (Lipinski definition) is 0. The third-order valence-electron chi connectivity index (χ3n) is 2.51. The minimum atomic E-state index is -4.34. The van der Waals surface area contributed by atoms with Crippen LogP contribution in [0.5, 0.6) is 0 Å². The Morgan fingerprint density at radius 1 is 0.737 bits per heavy atom. The van der Waals surface area contributed by atoms with Crippen molar-refractivity contribution in [2.45, 2.75) is 6.18 Å². The van der Waals surface area contributed by atoms with E-state index in [9.17, 15) is 13.2 Å². The molecule has 0 atom stereocenters. The number of rotatable bonds is 1. The van der Waals surface area contributed by atoms with Crippen LogP contribution in [-0.2, 0) is 6.18 Å². The van der Waals surface area contributed by atoms with Crippen LogP contribution in [0.25, 0.3) is 11.1 Å². The minimum Gasteiger partial charge on any atom is -0.166 e. The SMILES string of the molecule is FC(F)(F)c1ccc(-c2cc(Br)ccc2Br)c(Br)c1. The first kappa shape index (κ1) is 15.1. The fraction of sp³-hybridized carbons (Fsp3) is 0.0769. The summed E-state index contributed by atoms with van der Waals surface area (Å²) in [7, 11) is 0. The molecule has 0 aliphatic rings. The second kappa shape index (κ2) is 5.58. The average molecular weight is 459 g/mol. The summed E-state index contributed by atoms with van der Waals surface area (Å²) in [5, 5.41) is 0. The highest BCUT2D eigenvalue weighted by Crippen LogP contribution is 2.38. The smallest absolute Gasteiger partial charge is 0.166 e. The van der Waals surface area contributed by atoms with Crippen molar-refractivity contribution in [1.82, 2.24) is 0 Å². The molecule has 0 bridgehead atoms. The number of halogens is 6. The average Bonchev–Trinajstić information content (AvgIpc) is 2.31. The van der Waals surface area contributed by atoms with Gasteiger partial charge in [0.25, 0.3) is 0 Å². The molecule has 0 nitrogen and oxygen atoms in total. The second-order valence-corrected chi connectivity index (χ2v) is 6.44. The molecule has 6 heteroatoms. The molecule has 2 rings (SSSR count). The third-order valence-corrected chi connectivity index (χ3v) is 4.36. The minimum absolute atomic E-state index is 0.404. The van der Waals surface area contributed by atoms with E-state index in [4.69, 9.17) is 0 Å². The van der Waals surface area contributed by atoms with Crippen molar-refractivity contribution in [3.8, 4) is 11.1 Å². The van der Waals surface area contributed by atoms with E-state index >= 15 is 0 Å². The molecular formula is C13H6Br3F3. The van der Waals surface area contributed by atoms with Crippen LogP contribution < -0.4 is 0 Å². The Bertz CT molecular complexity index is 621. The van der Waals surface area contributed by atoms with Gasteiger partial charge < -0.3 is 0 Å². The van der Waals surface area contributed by atoms with Crippen molar-refractivity contribution in [1.29, 1.82) is 0 Å². The van der Waals surface area contributed by atoms with Gasteiger partial charge in [0.05, 0.1) is 5.56 Å². The summed E-state index contributed by atoms with van der Waals surface area (Å²) in [6.07, 6.45) is -4.34. The molecule has 0 aromatic heterocycles. The molecule has 0 amide bonds. The molecule has 2 aromatic rings. The van der Waals surface area contributed by atoms with Crippen LogP contribution >= 0.6 is 47.8 Å². The molecule has 0 saturated carbocycles. The maximum atomic E-state index is 12.6. The van der Waals surface area contributed by atoms with Gasteiger partial charge in [0.2, 0.25) is 0 Å². The van der Waals surface area contributed by atoms with E-state index in [1.807, 2.05) is 18.2 Å². The molecule has 0 unspecified atom stereocenters. The van der Waals surface area contributed by atoms with E-state index in [1.54, 1.807) is 0 Å². The molecule has 0 radical (unpaired) electrons. The van der Waals surface area contributed by atoms with Gasteiger partial charge in [-0.15, -0.1) is 0 Å². The summed E-state index contributed by atoms with van der Waals surface area (Å²) in [5.74, 6) is 0. The zero-order chi connectivity index (χ0) is 14.2. The third kappa shape index (κ3) is 3.41. The summed E-state index contributed by atoms with van der Waals surface area (Å²) < 4.78 is 39.9. The van der Waals surface area contributed by atoms with Crippen LogP contribution in [0.15, 0.2) is 49.8 Å². The lowest BCUT2D eigenvalue weighted by Gasteiger charge is -2.11. The zero-order valence-corrected chi connectivity index (χ0v) is 14.0. The van der Waals surface area contributed by atoms with Gasteiger partial charge in [-0.3, -0.25) is 0 Å². The number of alkyl halides is 3. The van der Waals surface area contributed by atoms with E-state index < -0.39 is 11.7 Å². The van der Waals surface area contributed by atoms with E-state index in [1.165, 1.54) is 6.07 Å². The van der Waals surface area contributed by atoms with Crippen LogP contribution in [0.3, 0.4) is 0 Å². The molecule has 0 N–H and O–H groups in total. The molecule has 100 valence electrons. The van der Waals surface area contributed by atoms with E-state index in [-0.39, 0.29) is 0 Å². The molecule has 0 aliphatic carbocycles. The topological polar surface area (TPSA) is 0 Å². The van der Waals surface area contributed by atoms with Crippen molar-refractivity contribution >= 4 is 47.8 Å². The van der Waals surface area contributed by atoms with Crippen LogP contribution in [-0.4, -0.2) is 0 Å². The Morgan fingerprint density at radius 3 is 2.00 bits per heavy atom. The first-order chi connectivity index (χ1) is 8.79. The zero-order valence-electron chi connectivity index (χ0n) is 9.23. The quantitative estimate of drug-likeness (QED) is 0.448. The van der Waals surface area contributed by atoms with Crippen molar-refractivity contribution in [2.75, 3.05) is 0 Å². The molecule has 0 spiro atoms. The summed E-state index contributed by atoms with van der Waals surface area (Å²) in [5.41, 5.74) is 0.838. The summed E-state index contributed by atoms with van der Waals surface area (Å²) >= 11 is 9.94. The lowest BCUT2D eigenvalue weighted by Crippen LogP contribution is -2.04. The van der Waals surface area contributed by atoms with Gasteiger partial charge >= 0.3 is 6.18 Å². The molecule has 0 aliphatic heterocycles. The lowest BCUT2D eigenvalue weighted by molar-refractivity contribution is -0.137. The molecule has 0 saturated heterocycles. The summed E-state index contributed by atoms with van der Waals surface area (Å²) in [6.45, 7) is 0. The van der Waals surface area contributed by atoms with Crippen LogP contribution in [0, 0.1) is 0 Å². The van der Waals surface area contributed by atoms with Gasteiger partial charge in [-0.1, -0.05) is 53.9 Å². The van der Waals surface area contributed by atoms with Crippen LogP contribution in [0.4, 0.5) is 13.2 Å².